The molecular formula is C18H20O3S. The third-order valence-electron chi connectivity index (χ3n) is 3.42. The molecule has 0 aromatic heterocycles. The lowest BCUT2D eigenvalue weighted by Gasteiger charge is -2.18. The summed E-state index contributed by atoms with van der Waals surface area (Å²) < 4.78 is 0. The Morgan fingerprint density at radius 2 is 1.73 bits per heavy atom. The fourth-order valence-electron chi connectivity index (χ4n) is 2.24. The summed E-state index contributed by atoms with van der Waals surface area (Å²) in [4.78, 5) is 10.9. The second kappa shape index (κ2) is 8.13. The number of aliphatic hydroxyl groups excluding tert-OH is 2. The van der Waals surface area contributed by atoms with Crippen LogP contribution in [0, 0.1) is 0 Å². The molecule has 2 aromatic carbocycles. The Bertz CT molecular complexity index is 613. The van der Waals surface area contributed by atoms with Crippen LogP contribution >= 0.6 is 11.8 Å². The first-order valence-electron chi connectivity index (χ1n) is 7.23. The second-order valence-corrected chi connectivity index (χ2v) is 6.40. The summed E-state index contributed by atoms with van der Waals surface area (Å²) in [5.74, 6) is 0.506. The predicted octanol–water partition coefficient (Wildman–Crippen LogP) is 3.42. The molecule has 2 aromatic rings. The lowest BCUT2D eigenvalue weighted by atomic mass is 9.97. The quantitative estimate of drug-likeness (QED) is 0.857. The van der Waals surface area contributed by atoms with Gasteiger partial charge in [0, 0.05) is 12.7 Å². The van der Waals surface area contributed by atoms with Crippen molar-refractivity contribution in [3.8, 4) is 11.1 Å². The largest absolute Gasteiger partial charge is 0.390 e. The van der Waals surface area contributed by atoms with E-state index in [2.05, 4.69) is 0 Å². The Hall–Kier alpha value is -1.62. The Balaban J connectivity index is 2.07. The van der Waals surface area contributed by atoms with Gasteiger partial charge in [0.15, 0.2) is 5.12 Å². The number of benzene rings is 2. The van der Waals surface area contributed by atoms with Crippen LogP contribution in [0.1, 0.15) is 25.0 Å². The van der Waals surface area contributed by atoms with E-state index in [4.69, 9.17) is 0 Å². The molecular weight excluding hydrogens is 296 g/mol. The number of hydrogen-bond donors (Lipinski definition) is 2. The number of rotatable bonds is 6. The van der Waals surface area contributed by atoms with Crippen molar-refractivity contribution in [2.24, 2.45) is 0 Å². The molecule has 0 aliphatic rings. The van der Waals surface area contributed by atoms with Crippen molar-refractivity contribution in [2.75, 3.05) is 5.75 Å². The minimum atomic E-state index is -0.948. The lowest BCUT2D eigenvalue weighted by Crippen LogP contribution is -2.19. The van der Waals surface area contributed by atoms with E-state index >= 15 is 0 Å². The summed E-state index contributed by atoms with van der Waals surface area (Å²) >= 11 is 1.16. The molecule has 0 aliphatic heterocycles. The Labute approximate surface area is 135 Å². The topological polar surface area (TPSA) is 57.5 Å². The fourth-order valence-corrected chi connectivity index (χ4v) is 2.88. The number of hydrogen-bond acceptors (Lipinski definition) is 4. The number of carbonyl (C=O) groups excluding carboxylic acids is 1. The minimum Gasteiger partial charge on any atom is -0.390 e. The molecule has 0 heterocycles. The zero-order valence-corrected chi connectivity index (χ0v) is 13.3. The van der Waals surface area contributed by atoms with Crippen LogP contribution in [0.25, 0.3) is 11.1 Å². The zero-order valence-electron chi connectivity index (χ0n) is 12.5. The molecule has 2 unspecified atom stereocenters. The molecule has 0 radical (unpaired) electrons. The Morgan fingerprint density at radius 3 is 2.41 bits per heavy atom. The van der Waals surface area contributed by atoms with Crippen LogP contribution in [0.3, 0.4) is 0 Å². The van der Waals surface area contributed by atoms with Gasteiger partial charge in [0.2, 0.25) is 0 Å². The molecule has 2 rings (SSSR count). The van der Waals surface area contributed by atoms with Crippen LogP contribution in [0.2, 0.25) is 0 Å². The van der Waals surface area contributed by atoms with Gasteiger partial charge in [-0.3, -0.25) is 4.79 Å². The van der Waals surface area contributed by atoms with Crippen molar-refractivity contribution in [2.45, 2.75) is 25.6 Å². The number of thioether (sulfide) groups is 1. The fraction of sp³-hybridized carbons (Fsp3) is 0.278. The first-order valence-corrected chi connectivity index (χ1v) is 8.21. The summed E-state index contributed by atoms with van der Waals surface area (Å²) in [6.45, 7) is 1.50. The smallest absolute Gasteiger partial charge is 0.185 e. The van der Waals surface area contributed by atoms with Gasteiger partial charge in [-0.05, 0) is 29.2 Å². The van der Waals surface area contributed by atoms with Crippen molar-refractivity contribution < 1.29 is 15.0 Å². The molecule has 0 amide bonds. The van der Waals surface area contributed by atoms with Crippen LogP contribution < -0.4 is 0 Å². The average Bonchev–Trinajstić information content (AvgIpc) is 2.54. The van der Waals surface area contributed by atoms with Crippen LogP contribution in [0.5, 0.6) is 0 Å². The third kappa shape index (κ3) is 4.70. The highest BCUT2D eigenvalue weighted by Gasteiger charge is 2.18. The van der Waals surface area contributed by atoms with Crippen molar-refractivity contribution in [1.29, 1.82) is 0 Å². The highest BCUT2D eigenvalue weighted by atomic mass is 32.2. The number of aliphatic hydroxyl groups is 2. The van der Waals surface area contributed by atoms with Gasteiger partial charge in [-0.1, -0.05) is 60.3 Å². The van der Waals surface area contributed by atoms with Gasteiger partial charge in [0.05, 0.1) is 6.10 Å². The molecule has 3 nitrogen and oxygen atoms in total. The van der Waals surface area contributed by atoms with Crippen LogP contribution in [0.4, 0.5) is 0 Å². The Morgan fingerprint density at radius 1 is 1.05 bits per heavy atom. The highest BCUT2D eigenvalue weighted by Crippen LogP contribution is 2.26. The van der Waals surface area contributed by atoms with E-state index in [1.54, 1.807) is 6.07 Å². The van der Waals surface area contributed by atoms with Crippen molar-refractivity contribution in [3.05, 3.63) is 60.2 Å². The first-order chi connectivity index (χ1) is 10.6. The monoisotopic (exact) mass is 316 g/mol. The van der Waals surface area contributed by atoms with E-state index in [-0.39, 0.29) is 5.12 Å². The SMILES string of the molecule is CC(=O)SCCC(O)C(O)c1cccc(-c2ccccc2)c1. The molecule has 0 aliphatic carbocycles. The van der Waals surface area contributed by atoms with Gasteiger partial charge in [-0.25, -0.2) is 0 Å². The van der Waals surface area contributed by atoms with Crippen molar-refractivity contribution in [3.63, 3.8) is 0 Å². The van der Waals surface area contributed by atoms with Crippen LogP contribution in [-0.4, -0.2) is 27.2 Å². The van der Waals surface area contributed by atoms with Crippen LogP contribution in [-0.2, 0) is 4.79 Å². The van der Waals surface area contributed by atoms with Gasteiger partial charge in [-0.15, -0.1) is 0 Å². The molecule has 0 saturated carbocycles. The molecule has 4 heteroatoms. The van der Waals surface area contributed by atoms with Crippen molar-refractivity contribution >= 4 is 16.9 Å². The Kier molecular flexibility index (Phi) is 6.19. The minimum absolute atomic E-state index is 0.0211. The van der Waals surface area contributed by atoms with Gasteiger partial charge < -0.3 is 10.2 Å². The summed E-state index contributed by atoms with van der Waals surface area (Å²) in [5.41, 5.74) is 2.75. The van der Waals surface area contributed by atoms with Crippen LogP contribution in [0.15, 0.2) is 54.6 Å². The summed E-state index contributed by atoms with van der Waals surface area (Å²) in [6.07, 6.45) is -1.45. The maximum absolute atomic E-state index is 10.9. The molecule has 0 spiro atoms. The van der Waals surface area contributed by atoms with E-state index < -0.39 is 12.2 Å². The number of carbonyl (C=O) groups is 1. The van der Waals surface area contributed by atoms with Gasteiger partial charge >= 0.3 is 0 Å². The molecule has 0 fully saturated rings. The molecule has 0 bridgehead atoms. The molecule has 116 valence electrons. The molecule has 22 heavy (non-hydrogen) atoms. The van der Waals surface area contributed by atoms with E-state index in [0.717, 1.165) is 22.9 Å². The molecule has 2 atom stereocenters. The lowest BCUT2D eigenvalue weighted by molar-refractivity contribution is -0.109. The predicted molar refractivity (Wildman–Crippen MR) is 90.6 cm³/mol. The van der Waals surface area contributed by atoms with Gasteiger partial charge in [-0.2, -0.15) is 0 Å². The normalized spacial score (nSPS) is 13.6. The summed E-state index contributed by atoms with van der Waals surface area (Å²) in [6, 6.07) is 17.4. The van der Waals surface area contributed by atoms with E-state index in [1.807, 2.05) is 48.5 Å². The molecule has 0 saturated heterocycles. The van der Waals surface area contributed by atoms with E-state index in [0.29, 0.717) is 17.7 Å². The van der Waals surface area contributed by atoms with Gasteiger partial charge in [0.25, 0.3) is 0 Å². The summed E-state index contributed by atoms with van der Waals surface area (Å²) in [7, 11) is 0. The van der Waals surface area contributed by atoms with E-state index in [9.17, 15) is 15.0 Å². The summed E-state index contributed by atoms with van der Waals surface area (Å²) in [5, 5.41) is 20.4. The van der Waals surface area contributed by atoms with Gasteiger partial charge in [0.1, 0.15) is 6.10 Å². The maximum atomic E-state index is 10.9. The second-order valence-electron chi connectivity index (χ2n) is 5.13. The highest BCUT2D eigenvalue weighted by molar-refractivity contribution is 8.13. The standard InChI is InChI=1S/C18H20O3S/c1-13(19)22-11-10-17(20)18(21)16-9-5-8-15(12-16)14-6-3-2-4-7-14/h2-9,12,17-18,20-21H,10-11H2,1H3. The zero-order chi connectivity index (χ0) is 15.9. The van der Waals surface area contributed by atoms with E-state index in [1.165, 1.54) is 6.92 Å². The molecule has 2 N–H and O–H groups in total. The van der Waals surface area contributed by atoms with Crippen molar-refractivity contribution in [1.82, 2.24) is 0 Å². The third-order valence-corrected chi connectivity index (χ3v) is 4.27. The average molecular weight is 316 g/mol. The first kappa shape index (κ1) is 16.7. The maximum Gasteiger partial charge on any atom is 0.185 e.